The Labute approximate surface area is 111 Å². The van der Waals surface area contributed by atoms with Crippen LogP contribution in [0.4, 0.5) is 4.39 Å². The van der Waals surface area contributed by atoms with Gasteiger partial charge in [0.05, 0.1) is 11.2 Å². The first-order chi connectivity index (χ1) is 8.50. The lowest BCUT2D eigenvalue weighted by Crippen LogP contribution is -2.40. The molecule has 5 heteroatoms. The quantitative estimate of drug-likeness (QED) is 0.827. The summed E-state index contributed by atoms with van der Waals surface area (Å²) in [6.45, 7) is 3.06. The molecule has 1 N–H and O–H groups in total. The molecule has 1 amide bonds. The van der Waals surface area contributed by atoms with Gasteiger partial charge in [-0.1, -0.05) is 0 Å². The maximum absolute atomic E-state index is 13.5. The molecule has 0 radical (unpaired) electrons. The van der Waals surface area contributed by atoms with Crippen LogP contribution in [0.25, 0.3) is 0 Å². The number of amides is 1. The predicted octanol–water partition coefficient (Wildman–Crippen LogP) is 2.41. The average Bonchev–Trinajstić information content (AvgIpc) is 2.77. The molecule has 1 aliphatic rings. The summed E-state index contributed by atoms with van der Waals surface area (Å²) < 4.78 is 19.0. The van der Waals surface area contributed by atoms with Crippen molar-refractivity contribution in [1.29, 1.82) is 0 Å². The number of carbonyl (C=O) groups excluding carboxylic acids is 1. The van der Waals surface area contributed by atoms with E-state index in [-0.39, 0.29) is 11.2 Å². The third-order valence-electron chi connectivity index (χ3n) is 3.12. The largest absolute Gasteiger partial charge is 0.373 e. The summed E-state index contributed by atoms with van der Waals surface area (Å²) in [7, 11) is 0. The molecule has 1 aliphatic heterocycles. The summed E-state index contributed by atoms with van der Waals surface area (Å²) in [6.07, 6.45) is 1.90. The summed E-state index contributed by atoms with van der Waals surface area (Å²) in [4.78, 5) is 12.4. The molecule has 1 heterocycles. The summed E-state index contributed by atoms with van der Waals surface area (Å²) in [6, 6.07) is 4.17. The summed E-state index contributed by atoms with van der Waals surface area (Å²) in [5, 5.41) is 2.71. The first-order valence-electron chi connectivity index (χ1n) is 5.91. The van der Waals surface area contributed by atoms with Crippen LogP contribution in [0.2, 0.25) is 0 Å². The van der Waals surface area contributed by atoms with Gasteiger partial charge in [-0.25, -0.2) is 4.39 Å². The molecule has 0 aromatic heterocycles. The fourth-order valence-electron chi connectivity index (χ4n) is 2.03. The van der Waals surface area contributed by atoms with Gasteiger partial charge in [0.2, 0.25) is 0 Å². The Bertz CT molecular complexity index is 458. The zero-order chi connectivity index (χ0) is 13.2. The van der Waals surface area contributed by atoms with E-state index < -0.39 is 11.7 Å². The monoisotopic (exact) mass is 269 g/mol. The Hall–Kier alpha value is -1.07. The minimum absolute atomic E-state index is 0.0177. The number of rotatable bonds is 3. The van der Waals surface area contributed by atoms with Crippen molar-refractivity contribution >= 4 is 18.5 Å². The highest BCUT2D eigenvalue weighted by Gasteiger charge is 2.30. The third-order valence-corrected chi connectivity index (χ3v) is 3.40. The second-order valence-corrected chi connectivity index (χ2v) is 5.27. The molecule has 1 atom stereocenters. The molecule has 3 nitrogen and oxygen atoms in total. The minimum Gasteiger partial charge on any atom is -0.373 e. The molecule has 1 unspecified atom stereocenters. The van der Waals surface area contributed by atoms with Gasteiger partial charge in [0.1, 0.15) is 5.82 Å². The number of thiol groups is 1. The third kappa shape index (κ3) is 3.03. The van der Waals surface area contributed by atoms with Gasteiger partial charge in [-0.2, -0.15) is 0 Å². The molecular weight excluding hydrogens is 253 g/mol. The van der Waals surface area contributed by atoms with Crippen molar-refractivity contribution in [3.8, 4) is 0 Å². The molecule has 2 rings (SSSR count). The Morgan fingerprint density at radius 2 is 2.39 bits per heavy atom. The summed E-state index contributed by atoms with van der Waals surface area (Å²) in [5.74, 6) is -0.970. The van der Waals surface area contributed by atoms with E-state index in [4.69, 9.17) is 4.74 Å². The van der Waals surface area contributed by atoms with Crippen molar-refractivity contribution in [3.63, 3.8) is 0 Å². The number of carbonyl (C=O) groups is 1. The van der Waals surface area contributed by atoms with Crippen molar-refractivity contribution in [1.82, 2.24) is 5.32 Å². The van der Waals surface area contributed by atoms with E-state index in [0.29, 0.717) is 18.0 Å². The van der Waals surface area contributed by atoms with Gasteiger partial charge in [0, 0.05) is 18.0 Å². The Morgan fingerprint density at radius 3 is 3.06 bits per heavy atom. The molecule has 0 bridgehead atoms. The molecule has 1 aromatic carbocycles. The van der Waals surface area contributed by atoms with Crippen molar-refractivity contribution < 1.29 is 13.9 Å². The second kappa shape index (κ2) is 5.28. The van der Waals surface area contributed by atoms with E-state index in [0.717, 1.165) is 12.8 Å². The van der Waals surface area contributed by atoms with E-state index >= 15 is 0 Å². The number of ether oxygens (including phenoxy) is 1. The minimum atomic E-state index is -0.539. The molecular formula is C13H16FNO2S. The van der Waals surface area contributed by atoms with Gasteiger partial charge >= 0.3 is 0 Å². The van der Waals surface area contributed by atoms with E-state index in [9.17, 15) is 9.18 Å². The Balaban J connectivity index is 2.01. The standard InChI is InChI=1S/C13H16FNO2S/c1-13(5-2-6-17-13)8-15-12(16)10-7-9(18)3-4-11(10)14/h3-4,7,18H,2,5-6,8H2,1H3,(H,15,16). The van der Waals surface area contributed by atoms with E-state index in [1.807, 2.05) is 6.92 Å². The SMILES string of the molecule is CC1(CNC(=O)c2cc(S)ccc2F)CCCO1. The van der Waals surface area contributed by atoms with Crippen LogP contribution in [-0.4, -0.2) is 24.7 Å². The van der Waals surface area contributed by atoms with Gasteiger partial charge < -0.3 is 10.1 Å². The highest BCUT2D eigenvalue weighted by molar-refractivity contribution is 7.80. The smallest absolute Gasteiger partial charge is 0.254 e. The number of halogens is 1. The van der Waals surface area contributed by atoms with E-state index in [2.05, 4.69) is 17.9 Å². The van der Waals surface area contributed by atoms with Crippen LogP contribution in [0.3, 0.4) is 0 Å². The molecule has 1 aromatic rings. The maximum atomic E-state index is 13.5. The first-order valence-corrected chi connectivity index (χ1v) is 6.36. The first kappa shape index (κ1) is 13.4. The number of hydrogen-bond donors (Lipinski definition) is 2. The molecule has 0 spiro atoms. The van der Waals surface area contributed by atoms with Crippen molar-refractivity contribution in [2.75, 3.05) is 13.2 Å². The summed E-state index contributed by atoms with van der Waals surface area (Å²) in [5.41, 5.74) is -0.311. The highest BCUT2D eigenvalue weighted by Crippen LogP contribution is 2.24. The maximum Gasteiger partial charge on any atom is 0.254 e. The zero-order valence-electron chi connectivity index (χ0n) is 10.2. The lowest BCUT2D eigenvalue weighted by Gasteiger charge is -2.23. The second-order valence-electron chi connectivity index (χ2n) is 4.75. The van der Waals surface area contributed by atoms with Gasteiger partial charge in [-0.15, -0.1) is 12.6 Å². The molecule has 1 saturated heterocycles. The number of nitrogens with one attached hydrogen (secondary N) is 1. The Kier molecular flexibility index (Phi) is 3.92. The van der Waals surface area contributed by atoms with E-state index in [1.54, 1.807) is 0 Å². The van der Waals surface area contributed by atoms with Crippen molar-refractivity contribution in [3.05, 3.63) is 29.6 Å². The fraction of sp³-hybridized carbons (Fsp3) is 0.462. The van der Waals surface area contributed by atoms with Crippen LogP contribution in [0.1, 0.15) is 30.1 Å². The number of hydrogen-bond acceptors (Lipinski definition) is 3. The average molecular weight is 269 g/mol. The van der Waals surface area contributed by atoms with Crippen LogP contribution in [0, 0.1) is 5.82 Å². The van der Waals surface area contributed by atoms with Crippen LogP contribution >= 0.6 is 12.6 Å². The lowest BCUT2D eigenvalue weighted by molar-refractivity contribution is 0.0205. The Morgan fingerprint density at radius 1 is 1.61 bits per heavy atom. The predicted molar refractivity (Wildman–Crippen MR) is 69.6 cm³/mol. The summed E-state index contributed by atoms with van der Waals surface area (Å²) >= 11 is 4.10. The normalized spacial score (nSPS) is 23.1. The zero-order valence-corrected chi connectivity index (χ0v) is 11.1. The fourth-order valence-corrected chi connectivity index (χ4v) is 2.23. The van der Waals surface area contributed by atoms with Crippen LogP contribution < -0.4 is 5.32 Å². The molecule has 18 heavy (non-hydrogen) atoms. The van der Waals surface area contributed by atoms with Crippen molar-refractivity contribution in [2.24, 2.45) is 0 Å². The lowest BCUT2D eigenvalue weighted by atomic mass is 10.0. The van der Waals surface area contributed by atoms with Gasteiger partial charge in [0.25, 0.3) is 5.91 Å². The van der Waals surface area contributed by atoms with Crippen LogP contribution in [-0.2, 0) is 4.74 Å². The molecule has 0 aliphatic carbocycles. The topological polar surface area (TPSA) is 38.3 Å². The van der Waals surface area contributed by atoms with Crippen LogP contribution in [0.5, 0.6) is 0 Å². The molecule has 98 valence electrons. The van der Waals surface area contributed by atoms with Gasteiger partial charge in [-0.05, 0) is 38.0 Å². The highest BCUT2D eigenvalue weighted by atomic mass is 32.1. The van der Waals surface area contributed by atoms with Crippen LogP contribution in [0.15, 0.2) is 23.1 Å². The van der Waals surface area contributed by atoms with Crippen molar-refractivity contribution in [2.45, 2.75) is 30.3 Å². The molecule has 0 saturated carbocycles. The van der Waals surface area contributed by atoms with Gasteiger partial charge in [0.15, 0.2) is 0 Å². The van der Waals surface area contributed by atoms with E-state index in [1.165, 1.54) is 18.2 Å². The number of benzene rings is 1. The molecule has 1 fully saturated rings. The van der Waals surface area contributed by atoms with Gasteiger partial charge in [-0.3, -0.25) is 4.79 Å².